The summed E-state index contributed by atoms with van der Waals surface area (Å²) in [6.07, 6.45) is 0.596. The summed E-state index contributed by atoms with van der Waals surface area (Å²) in [5.41, 5.74) is 0.841. The van der Waals surface area contributed by atoms with Crippen molar-refractivity contribution >= 4 is 34.5 Å². The second-order valence-electron chi connectivity index (χ2n) is 5.71. The van der Waals surface area contributed by atoms with Gasteiger partial charge in [0, 0.05) is 5.38 Å². The Labute approximate surface area is 144 Å². The van der Waals surface area contributed by atoms with Crippen LogP contribution in [0.15, 0.2) is 22.9 Å². The van der Waals surface area contributed by atoms with E-state index in [4.69, 9.17) is 0 Å². The molecule has 1 unspecified atom stereocenters. The van der Waals surface area contributed by atoms with Crippen molar-refractivity contribution in [3.05, 3.63) is 38.5 Å². The lowest BCUT2D eigenvalue weighted by Crippen LogP contribution is -2.47. The molecule has 5 nitrogen and oxygen atoms in total. The predicted octanol–water partition coefficient (Wildman–Crippen LogP) is 2.97. The van der Waals surface area contributed by atoms with E-state index >= 15 is 0 Å². The molecule has 2 aromatic heterocycles. The number of nitrogens with one attached hydrogen (secondary N) is 2. The van der Waals surface area contributed by atoms with E-state index in [1.54, 1.807) is 17.4 Å². The van der Waals surface area contributed by atoms with Crippen molar-refractivity contribution in [2.75, 3.05) is 0 Å². The molecule has 2 N–H and O–H groups in total. The zero-order valence-corrected chi connectivity index (χ0v) is 15.1. The molecule has 0 bridgehead atoms. The van der Waals surface area contributed by atoms with Crippen LogP contribution in [0, 0.1) is 12.8 Å². The van der Waals surface area contributed by atoms with Crippen LogP contribution < -0.4 is 10.6 Å². The summed E-state index contributed by atoms with van der Waals surface area (Å²) in [6, 6.07) is 3.04. The number of carbonyl (C=O) groups excluding carboxylic acids is 2. The Hall–Kier alpha value is -1.73. The zero-order valence-electron chi connectivity index (χ0n) is 13.5. The largest absolute Gasteiger partial charge is 0.349 e. The van der Waals surface area contributed by atoms with Crippen molar-refractivity contribution in [2.24, 2.45) is 5.92 Å². The van der Waals surface area contributed by atoms with Gasteiger partial charge in [0.15, 0.2) is 0 Å². The normalized spacial score (nSPS) is 12.2. The highest BCUT2D eigenvalue weighted by atomic mass is 32.1. The van der Waals surface area contributed by atoms with Crippen LogP contribution in [0.5, 0.6) is 0 Å². The molecule has 0 spiro atoms. The number of nitrogens with zero attached hydrogens (tertiary/aromatic N) is 1. The van der Waals surface area contributed by atoms with Crippen molar-refractivity contribution in [3.8, 4) is 0 Å². The van der Waals surface area contributed by atoms with Crippen LogP contribution in [0.1, 0.15) is 40.6 Å². The van der Waals surface area contributed by atoms with E-state index in [0.29, 0.717) is 23.8 Å². The van der Waals surface area contributed by atoms with E-state index in [1.807, 2.05) is 37.6 Å². The van der Waals surface area contributed by atoms with Crippen molar-refractivity contribution in [2.45, 2.75) is 39.8 Å². The molecule has 0 radical (unpaired) electrons. The number of rotatable bonds is 7. The van der Waals surface area contributed by atoms with Crippen LogP contribution >= 0.6 is 22.7 Å². The van der Waals surface area contributed by atoms with Gasteiger partial charge < -0.3 is 10.6 Å². The Morgan fingerprint density at radius 3 is 2.65 bits per heavy atom. The monoisotopic (exact) mass is 351 g/mol. The maximum atomic E-state index is 12.4. The molecule has 124 valence electrons. The molecule has 7 heteroatoms. The van der Waals surface area contributed by atoms with Gasteiger partial charge in [-0.1, -0.05) is 19.9 Å². The van der Waals surface area contributed by atoms with Crippen LogP contribution in [0.4, 0.5) is 0 Å². The second kappa shape index (κ2) is 8.21. The summed E-state index contributed by atoms with van der Waals surface area (Å²) in [4.78, 5) is 29.5. The van der Waals surface area contributed by atoms with Crippen molar-refractivity contribution in [1.82, 2.24) is 15.6 Å². The van der Waals surface area contributed by atoms with E-state index in [9.17, 15) is 9.59 Å². The number of hydrogen-bond acceptors (Lipinski definition) is 5. The molecule has 2 amide bonds. The minimum atomic E-state index is -0.538. The van der Waals surface area contributed by atoms with Crippen molar-refractivity contribution < 1.29 is 9.59 Å². The summed E-state index contributed by atoms with van der Waals surface area (Å²) in [5.74, 6) is -0.0736. The van der Waals surface area contributed by atoms with Crippen LogP contribution in [-0.2, 0) is 11.3 Å². The smallest absolute Gasteiger partial charge is 0.261 e. The van der Waals surface area contributed by atoms with Crippen LogP contribution in [0.3, 0.4) is 0 Å². The highest BCUT2D eigenvalue weighted by Crippen LogP contribution is 2.11. The summed E-state index contributed by atoms with van der Waals surface area (Å²) in [5, 5.41) is 10.4. The van der Waals surface area contributed by atoms with Crippen molar-refractivity contribution in [1.29, 1.82) is 0 Å². The number of carbonyl (C=O) groups is 2. The molecule has 2 rings (SSSR count). The number of aromatic nitrogens is 1. The number of amides is 2. The fraction of sp³-hybridized carbons (Fsp3) is 0.438. The molecule has 0 aliphatic carbocycles. The van der Waals surface area contributed by atoms with Gasteiger partial charge in [0.2, 0.25) is 5.91 Å². The molecule has 1 atom stereocenters. The van der Waals surface area contributed by atoms with Gasteiger partial charge in [0.05, 0.1) is 22.1 Å². The summed E-state index contributed by atoms with van der Waals surface area (Å²) < 4.78 is 0. The summed E-state index contributed by atoms with van der Waals surface area (Å²) in [7, 11) is 0. The van der Waals surface area contributed by atoms with Crippen LogP contribution in [0.2, 0.25) is 0 Å². The molecule has 0 aliphatic rings. The van der Waals surface area contributed by atoms with Gasteiger partial charge in [-0.25, -0.2) is 4.98 Å². The number of thiophene rings is 1. The Bertz CT molecular complexity index is 650. The Morgan fingerprint density at radius 2 is 2.09 bits per heavy atom. The molecular formula is C16H21N3O2S2. The minimum Gasteiger partial charge on any atom is -0.349 e. The van der Waals surface area contributed by atoms with E-state index in [0.717, 1.165) is 10.7 Å². The van der Waals surface area contributed by atoms with Gasteiger partial charge in [0.25, 0.3) is 5.91 Å². The quantitative estimate of drug-likeness (QED) is 0.805. The highest BCUT2D eigenvalue weighted by molar-refractivity contribution is 7.12. The average molecular weight is 351 g/mol. The van der Waals surface area contributed by atoms with Gasteiger partial charge in [-0.15, -0.1) is 22.7 Å². The molecule has 0 saturated carbocycles. The summed E-state index contributed by atoms with van der Waals surface area (Å²) in [6.45, 7) is 6.37. The first-order valence-corrected chi connectivity index (χ1v) is 9.24. The number of thiazole rings is 1. The lowest BCUT2D eigenvalue weighted by Gasteiger charge is -2.19. The maximum absolute atomic E-state index is 12.4. The van der Waals surface area contributed by atoms with E-state index in [-0.39, 0.29) is 11.8 Å². The van der Waals surface area contributed by atoms with E-state index < -0.39 is 6.04 Å². The molecule has 0 saturated heterocycles. The van der Waals surface area contributed by atoms with Gasteiger partial charge in [0.1, 0.15) is 6.04 Å². The molecular weight excluding hydrogens is 330 g/mol. The fourth-order valence-electron chi connectivity index (χ4n) is 2.13. The molecule has 23 heavy (non-hydrogen) atoms. The maximum Gasteiger partial charge on any atom is 0.261 e. The first-order chi connectivity index (χ1) is 11.0. The third kappa shape index (κ3) is 5.44. The van der Waals surface area contributed by atoms with Crippen LogP contribution in [0.25, 0.3) is 0 Å². The van der Waals surface area contributed by atoms with Gasteiger partial charge in [-0.05, 0) is 30.7 Å². The summed E-state index contributed by atoms with van der Waals surface area (Å²) >= 11 is 2.92. The standard InChI is InChI=1S/C16H21N3O2S2/c1-10(2)7-13(19-16(21)14-5-4-6-22-14)15(20)17-8-12-9-23-11(3)18-12/h4-6,9-10,13H,7-8H2,1-3H3,(H,17,20)(H,19,21). The average Bonchev–Trinajstić information content (AvgIpc) is 3.14. The Kier molecular flexibility index (Phi) is 6.29. The fourth-order valence-corrected chi connectivity index (χ4v) is 3.37. The predicted molar refractivity (Wildman–Crippen MR) is 93.7 cm³/mol. The van der Waals surface area contributed by atoms with Crippen molar-refractivity contribution in [3.63, 3.8) is 0 Å². The first kappa shape index (κ1) is 17.6. The Balaban J connectivity index is 1.96. The molecule has 2 aromatic rings. The van der Waals surface area contributed by atoms with Gasteiger partial charge in [-0.3, -0.25) is 9.59 Å². The lowest BCUT2D eigenvalue weighted by molar-refractivity contribution is -0.123. The zero-order chi connectivity index (χ0) is 16.8. The molecule has 0 aliphatic heterocycles. The van der Waals surface area contributed by atoms with Crippen LogP contribution in [-0.4, -0.2) is 22.8 Å². The molecule has 0 fully saturated rings. The highest BCUT2D eigenvalue weighted by Gasteiger charge is 2.22. The third-order valence-electron chi connectivity index (χ3n) is 3.18. The van der Waals surface area contributed by atoms with E-state index in [2.05, 4.69) is 15.6 Å². The lowest BCUT2D eigenvalue weighted by atomic mass is 10.0. The number of aryl methyl sites for hydroxylation is 1. The van der Waals surface area contributed by atoms with Gasteiger partial charge >= 0.3 is 0 Å². The van der Waals surface area contributed by atoms with E-state index in [1.165, 1.54) is 11.3 Å². The second-order valence-corrected chi connectivity index (χ2v) is 7.72. The topological polar surface area (TPSA) is 71.1 Å². The SMILES string of the molecule is Cc1nc(CNC(=O)C(CC(C)C)NC(=O)c2cccs2)cs1. The number of hydrogen-bond donors (Lipinski definition) is 2. The molecule has 0 aromatic carbocycles. The Morgan fingerprint density at radius 1 is 1.30 bits per heavy atom. The van der Waals surface area contributed by atoms with Gasteiger partial charge in [-0.2, -0.15) is 0 Å². The first-order valence-electron chi connectivity index (χ1n) is 7.48. The third-order valence-corrected chi connectivity index (χ3v) is 4.88. The minimum absolute atomic E-state index is 0.172. The molecule has 2 heterocycles.